The highest BCUT2D eigenvalue weighted by atomic mass is 35.5. The predicted octanol–water partition coefficient (Wildman–Crippen LogP) is 3.41. The normalized spacial score (nSPS) is 11.6. The van der Waals surface area contributed by atoms with Crippen LogP contribution in [-0.2, 0) is 10.9 Å². The van der Waals surface area contributed by atoms with E-state index in [0.29, 0.717) is 0 Å². The maximum absolute atomic E-state index is 12.6. The van der Waals surface area contributed by atoms with Crippen molar-refractivity contribution in [3.8, 4) is 0 Å². The van der Waals surface area contributed by atoms with E-state index in [1.165, 1.54) is 0 Å². The Morgan fingerprint density at radius 2 is 2.16 bits per heavy atom. The summed E-state index contributed by atoms with van der Waals surface area (Å²) in [4.78, 5) is 17.3. The minimum atomic E-state index is -4.56. The number of aromatic amines is 1. The second-order valence-corrected chi connectivity index (χ2v) is 3.96. The molecule has 9 heteroatoms. The van der Waals surface area contributed by atoms with Gasteiger partial charge in [-0.2, -0.15) is 13.2 Å². The number of hydrogen-bond acceptors (Lipinski definition) is 3. The molecule has 1 aromatic heterocycles. The number of methoxy groups -OCH3 is 1. The summed E-state index contributed by atoms with van der Waals surface area (Å²) < 4.78 is 42.3. The van der Waals surface area contributed by atoms with Gasteiger partial charge in [0.2, 0.25) is 5.95 Å². The summed E-state index contributed by atoms with van der Waals surface area (Å²) in [7, 11) is 1.15. The van der Waals surface area contributed by atoms with Gasteiger partial charge in [-0.25, -0.2) is 9.78 Å². The van der Waals surface area contributed by atoms with Gasteiger partial charge in [0.05, 0.1) is 28.7 Å². The van der Waals surface area contributed by atoms with Crippen molar-refractivity contribution in [1.29, 1.82) is 0 Å². The molecule has 1 aromatic carbocycles. The van der Waals surface area contributed by atoms with Crippen LogP contribution in [-0.4, -0.2) is 23.2 Å². The van der Waals surface area contributed by atoms with Crippen LogP contribution in [0.4, 0.5) is 23.9 Å². The number of H-pyrrole nitrogens is 1. The summed E-state index contributed by atoms with van der Waals surface area (Å²) in [6.45, 7) is 0. The highest BCUT2D eigenvalue weighted by Gasteiger charge is 2.33. The average Bonchev–Trinajstić information content (AvgIpc) is 2.67. The zero-order valence-electron chi connectivity index (χ0n) is 9.43. The molecule has 19 heavy (non-hydrogen) atoms. The third-order valence-corrected chi connectivity index (χ3v) is 2.59. The molecule has 0 unspecified atom stereocenters. The third-order valence-electron chi connectivity index (χ3n) is 2.28. The van der Waals surface area contributed by atoms with E-state index >= 15 is 0 Å². The largest absolute Gasteiger partial charge is 0.453 e. The minimum Gasteiger partial charge on any atom is -0.453 e. The second kappa shape index (κ2) is 4.61. The van der Waals surface area contributed by atoms with Crippen molar-refractivity contribution in [1.82, 2.24) is 9.97 Å². The number of ether oxygens (including phenoxy) is 1. The molecular weight excluding hydrogens is 287 g/mol. The third kappa shape index (κ3) is 2.73. The molecule has 2 N–H and O–H groups in total. The van der Waals surface area contributed by atoms with E-state index in [2.05, 4.69) is 20.0 Å². The Morgan fingerprint density at radius 1 is 1.47 bits per heavy atom. The molecule has 0 saturated heterocycles. The Bertz CT molecular complexity index is 639. The van der Waals surface area contributed by atoms with Crippen molar-refractivity contribution in [3.63, 3.8) is 0 Å². The molecule has 0 spiro atoms. The van der Waals surface area contributed by atoms with Gasteiger partial charge < -0.3 is 9.72 Å². The number of carbonyl (C=O) groups excluding carboxylic acids is 1. The first-order valence-electron chi connectivity index (χ1n) is 4.92. The summed E-state index contributed by atoms with van der Waals surface area (Å²) in [6.07, 6.45) is -5.35. The molecule has 0 radical (unpaired) electrons. The van der Waals surface area contributed by atoms with E-state index in [0.717, 1.165) is 19.2 Å². The molecule has 5 nitrogen and oxygen atoms in total. The number of nitrogens with zero attached hydrogens (tertiary/aromatic N) is 1. The van der Waals surface area contributed by atoms with E-state index in [1.807, 2.05) is 0 Å². The molecule has 0 bridgehead atoms. The van der Waals surface area contributed by atoms with Gasteiger partial charge in [-0.3, -0.25) is 5.32 Å². The van der Waals surface area contributed by atoms with Crippen LogP contribution in [0.2, 0.25) is 5.02 Å². The molecule has 0 aliphatic rings. The zero-order valence-corrected chi connectivity index (χ0v) is 10.2. The number of nitrogens with one attached hydrogen (secondary N) is 2. The van der Waals surface area contributed by atoms with Crippen LogP contribution in [0.3, 0.4) is 0 Å². The number of benzene rings is 1. The molecule has 0 fully saturated rings. The van der Waals surface area contributed by atoms with Gasteiger partial charge in [0.25, 0.3) is 0 Å². The lowest BCUT2D eigenvalue weighted by atomic mass is 10.2. The first-order chi connectivity index (χ1) is 8.81. The van der Waals surface area contributed by atoms with Crippen molar-refractivity contribution >= 4 is 34.7 Å². The number of fused-ring (bicyclic) bond motifs is 1. The number of carbonyl (C=O) groups is 1. The predicted molar refractivity (Wildman–Crippen MR) is 62.1 cm³/mol. The van der Waals surface area contributed by atoms with E-state index in [4.69, 9.17) is 11.6 Å². The Kier molecular flexibility index (Phi) is 3.27. The fraction of sp³-hybridized carbons (Fsp3) is 0.200. The summed E-state index contributed by atoms with van der Waals surface area (Å²) in [5, 5.41) is 1.74. The van der Waals surface area contributed by atoms with Gasteiger partial charge in [0, 0.05) is 0 Å². The van der Waals surface area contributed by atoms with Crippen LogP contribution in [0.15, 0.2) is 12.1 Å². The van der Waals surface area contributed by atoms with Crippen molar-refractivity contribution in [2.75, 3.05) is 12.4 Å². The molecule has 0 saturated carbocycles. The SMILES string of the molecule is COC(=O)Nc1nc2cc(Cl)c(C(F)(F)F)cc2[nH]1. The fourth-order valence-electron chi connectivity index (χ4n) is 1.46. The highest BCUT2D eigenvalue weighted by Crippen LogP contribution is 2.36. The van der Waals surface area contributed by atoms with Crippen LogP contribution in [0.5, 0.6) is 0 Å². The second-order valence-electron chi connectivity index (χ2n) is 3.55. The molecule has 2 aromatic rings. The average molecular weight is 294 g/mol. The molecule has 0 atom stereocenters. The zero-order chi connectivity index (χ0) is 14.2. The summed E-state index contributed by atoms with van der Waals surface area (Å²) in [5.41, 5.74) is -0.678. The number of alkyl halides is 3. The molecule has 102 valence electrons. The van der Waals surface area contributed by atoms with Crippen molar-refractivity contribution in [2.45, 2.75) is 6.18 Å². The number of anilines is 1. The van der Waals surface area contributed by atoms with E-state index in [-0.39, 0.29) is 17.0 Å². The number of rotatable bonds is 1. The van der Waals surface area contributed by atoms with E-state index < -0.39 is 22.9 Å². The van der Waals surface area contributed by atoms with Gasteiger partial charge in [0.15, 0.2) is 0 Å². The van der Waals surface area contributed by atoms with Crippen LogP contribution in [0.1, 0.15) is 5.56 Å². The number of halogens is 4. The van der Waals surface area contributed by atoms with Gasteiger partial charge in [0.1, 0.15) is 0 Å². The molecular formula is C10H7ClF3N3O2. The van der Waals surface area contributed by atoms with Gasteiger partial charge in [-0.05, 0) is 12.1 Å². The minimum absolute atomic E-state index is 0.0303. The standard InChI is InChI=1S/C10H7ClF3N3O2/c1-19-9(18)17-8-15-6-2-4(10(12,13)14)5(11)3-7(6)16-8/h2-3H,1H3,(H2,15,16,17,18). The molecule has 0 aliphatic heterocycles. The first kappa shape index (κ1) is 13.5. The Hall–Kier alpha value is -1.96. The smallest absolute Gasteiger partial charge is 0.417 e. The molecule has 2 rings (SSSR count). The van der Waals surface area contributed by atoms with Crippen molar-refractivity contribution < 1.29 is 22.7 Å². The lowest BCUT2D eigenvalue weighted by Gasteiger charge is -2.07. The summed E-state index contributed by atoms with van der Waals surface area (Å²) in [5.74, 6) is -0.0303. The Balaban J connectivity index is 2.46. The first-order valence-corrected chi connectivity index (χ1v) is 5.30. The number of hydrogen-bond donors (Lipinski definition) is 2. The Labute approximate surface area is 109 Å². The maximum Gasteiger partial charge on any atom is 0.417 e. The van der Waals surface area contributed by atoms with Gasteiger partial charge in [-0.15, -0.1) is 0 Å². The van der Waals surface area contributed by atoms with Crippen LogP contribution >= 0.6 is 11.6 Å². The molecule has 1 amide bonds. The maximum atomic E-state index is 12.6. The van der Waals surface area contributed by atoms with Crippen molar-refractivity contribution in [2.24, 2.45) is 0 Å². The van der Waals surface area contributed by atoms with Gasteiger partial charge >= 0.3 is 12.3 Å². The Morgan fingerprint density at radius 3 is 2.74 bits per heavy atom. The highest BCUT2D eigenvalue weighted by molar-refractivity contribution is 6.32. The quantitative estimate of drug-likeness (QED) is 0.846. The van der Waals surface area contributed by atoms with E-state index in [9.17, 15) is 18.0 Å². The number of amides is 1. The van der Waals surface area contributed by atoms with Gasteiger partial charge in [-0.1, -0.05) is 11.6 Å². The topological polar surface area (TPSA) is 67.0 Å². The molecule has 0 aliphatic carbocycles. The number of aromatic nitrogens is 2. The number of imidazole rings is 1. The molecule has 1 heterocycles. The fourth-order valence-corrected chi connectivity index (χ4v) is 1.72. The van der Waals surface area contributed by atoms with Crippen LogP contribution < -0.4 is 5.32 Å². The van der Waals surface area contributed by atoms with E-state index in [1.54, 1.807) is 0 Å². The monoisotopic (exact) mass is 293 g/mol. The van der Waals surface area contributed by atoms with Crippen molar-refractivity contribution in [3.05, 3.63) is 22.7 Å². The van der Waals surface area contributed by atoms with Crippen LogP contribution in [0, 0.1) is 0 Å². The summed E-state index contributed by atoms with van der Waals surface area (Å²) in [6, 6.07) is 1.89. The van der Waals surface area contributed by atoms with Crippen LogP contribution in [0.25, 0.3) is 11.0 Å². The lowest BCUT2D eigenvalue weighted by Crippen LogP contribution is -2.11. The lowest BCUT2D eigenvalue weighted by molar-refractivity contribution is -0.137. The summed E-state index contributed by atoms with van der Waals surface area (Å²) >= 11 is 5.54.